The fourth-order valence-electron chi connectivity index (χ4n) is 7.34. The zero-order chi connectivity index (χ0) is 15.5. The van der Waals surface area contributed by atoms with Crippen LogP contribution in [0.5, 0.6) is 0 Å². The van der Waals surface area contributed by atoms with Gasteiger partial charge < -0.3 is 5.11 Å². The van der Waals surface area contributed by atoms with Crippen molar-refractivity contribution in [1.29, 1.82) is 0 Å². The SMILES string of the molecule is C[C@@H](O)[C@H]1CC[C@H]2C[C@@H]3[C@H](CC[C@@H]4CC(=O)CC[C@@H]43)C[C@@]21C. The Balaban J connectivity index is 1.55. The molecule has 0 heterocycles. The summed E-state index contributed by atoms with van der Waals surface area (Å²) >= 11 is 0. The highest BCUT2D eigenvalue weighted by Gasteiger charge is 2.56. The highest BCUT2D eigenvalue weighted by molar-refractivity contribution is 5.79. The molecule has 22 heavy (non-hydrogen) atoms. The van der Waals surface area contributed by atoms with Crippen LogP contribution >= 0.6 is 0 Å². The number of carbonyl (C=O) groups is 1. The van der Waals surface area contributed by atoms with Gasteiger partial charge in [0.15, 0.2) is 0 Å². The summed E-state index contributed by atoms with van der Waals surface area (Å²) in [5.41, 5.74) is 0.382. The van der Waals surface area contributed by atoms with Crippen molar-refractivity contribution in [3.63, 3.8) is 0 Å². The summed E-state index contributed by atoms with van der Waals surface area (Å²) in [5.74, 6) is 5.17. The van der Waals surface area contributed by atoms with Crippen molar-refractivity contribution >= 4 is 5.78 Å². The van der Waals surface area contributed by atoms with Crippen LogP contribution in [-0.2, 0) is 4.79 Å². The Morgan fingerprint density at radius 2 is 1.86 bits per heavy atom. The van der Waals surface area contributed by atoms with Crippen LogP contribution in [0, 0.1) is 40.9 Å². The van der Waals surface area contributed by atoms with Gasteiger partial charge in [0.05, 0.1) is 6.10 Å². The number of hydrogen-bond donors (Lipinski definition) is 1. The Hall–Kier alpha value is -0.370. The third kappa shape index (κ3) is 2.20. The molecule has 0 saturated heterocycles. The summed E-state index contributed by atoms with van der Waals surface area (Å²) in [4.78, 5) is 11.8. The highest BCUT2D eigenvalue weighted by atomic mass is 16.3. The van der Waals surface area contributed by atoms with Gasteiger partial charge in [0.25, 0.3) is 0 Å². The summed E-state index contributed by atoms with van der Waals surface area (Å²) in [5, 5.41) is 10.2. The van der Waals surface area contributed by atoms with Crippen molar-refractivity contribution in [2.75, 3.05) is 0 Å². The third-order valence-electron chi connectivity index (χ3n) is 8.36. The van der Waals surface area contributed by atoms with Crippen molar-refractivity contribution in [2.24, 2.45) is 40.9 Å². The molecule has 4 aliphatic carbocycles. The van der Waals surface area contributed by atoms with Gasteiger partial charge >= 0.3 is 0 Å². The maximum absolute atomic E-state index is 11.8. The fourth-order valence-corrected chi connectivity index (χ4v) is 7.34. The molecule has 2 heteroatoms. The van der Waals surface area contributed by atoms with E-state index in [1.165, 1.54) is 44.9 Å². The van der Waals surface area contributed by atoms with Gasteiger partial charge in [-0.05, 0) is 92.8 Å². The molecule has 4 rings (SSSR count). The second-order valence-corrected chi connectivity index (χ2v) is 9.27. The number of fused-ring (bicyclic) bond motifs is 4. The third-order valence-corrected chi connectivity index (χ3v) is 8.36. The lowest BCUT2D eigenvalue weighted by molar-refractivity contribution is -0.127. The van der Waals surface area contributed by atoms with Crippen molar-refractivity contribution < 1.29 is 9.90 Å². The average Bonchev–Trinajstić information content (AvgIpc) is 2.80. The first-order valence-electron chi connectivity index (χ1n) is 9.69. The van der Waals surface area contributed by atoms with E-state index in [-0.39, 0.29) is 6.10 Å². The number of aliphatic hydroxyl groups excluding tert-OH is 1. The van der Waals surface area contributed by atoms with Crippen LogP contribution < -0.4 is 0 Å². The Morgan fingerprint density at radius 3 is 2.64 bits per heavy atom. The maximum atomic E-state index is 11.8. The first kappa shape index (κ1) is 15.2. The van der Waals surface area contributed by atoms with E-state index < -0.39 is 0 Å². The van der Waals surface area contributed by atoms with E-state index in [0.29, 0.717) is 23.0 Å². The molecule has 0 spiro atoms. The van der Waals surface area contributed by atoms with Gasteiger partial charge in [-0.2, -0.15) is 0 Å². The van der Waals surface area contributed by atoms with Crippen molar-refractivity contribution in [1.82, 2.24) is 0 Å². The van der Waals surface area contributed by atoms with Gasteiger partial charge in [-0.15, -0.1) is 0 Å². The van der Waals surface area contributed by atoms with E-state index in [1.54, 1.807) is 0 Å². The molecule has 0 aromatic rings. The van der Waals surface area contributed by atoms with Crippen LogP contribution in [0.4, 0.5) is 0 Å². The van der Waals surface area contributed by atoms with Gasteiger partial charge in [-0.25, -0.2) is 0 Å². The van der Waals surface area contributed by atoms with Gasteiger partial charge in [0.1, 0.15) is 5.78 Å². The normalized spacial score (nSPS) is 52.6. The van der Waals surface area contributed by atoms with Gasteiger partial charge in [-0.3, -0.25) is 4.79 Å². The number of aliphatic hydroxyl groups is 1. The molecule has 0 amide bonds. The van der Waals surface area contributed by atoms with Crippen molar-refractivity contribution in [2.45, 2.75) is 77.7 Å². The summed E-state index contributed by atoms with van der Waals surface area (Å²) in [7, 11) is 0. The van der Waals surface area contributed by atoms with Crippen LogP contribution in [0.1, 0.15) is 71.6 Å². The van der Waals surface area contributed by atoms with Crippen molar-refractivity contribution in [3.8, 4) is 0 Å². The molecule has 1 N–H and O–H groups in total. The number of hydrogen-bond acceptors (Lipinski definition) is 2. The average molecular weight is 304 g/mol. The van der Waals surface area contributed by atoms with Crippen molar-refractivity contribution in [3.05, 3.63) is 0 Å². The molecule has 8 atom stereocenters. The van der Waals surface area contributed by atoms with Gasteiger partial charge in [-0.1, -0.05) is 6.92 Å². The molecule has 0 bridgehead atoms. The minimum atomic E-state index is -0.143. The first-order valence-corrected chi connectivity index (χ1v) is 9.69. The maximum Gasteiger partial charge on any atom is 0.133 e. The van der Waals surface area contributed by atoms with E-state index in [0.717, 1.165) is 36.5 Å². The molecular weight excluding hydrogens is 272 g/mol. The number of ketones is 1. The predicted octanol–water partition coefficient (Wildman–Crippen LogP) is 4.21. The van der Waals surface area contributed by atoms with Crippen LogP contribution in [0.15, 0.2) is 0 Å². The largest absolute Gasteiger partial charge is 0.393 e. The summed E-state index contributed by atoms with van der Waals surface area (Å²) < 4.78 is 0. The molecule has 0 unspecified atom stereocenters. The van der Waals surface area contributed by atoms with Crippen LogP contribution in [0.25, 0.3) is 0 Å². The molecule has 4 saturated carbocycles. The summed E-state index contributed by atoms with van der Waals surface area (Å²) in [6.45, 7) is 4.49. The predicted molar refractivity (Wildman–Crippen MR) is 87.3 cm³/mol. The van der Waals surface area contributed by atoms with Crippen LogP contribution in [-0.4, -0.2) is 17.0 Å². The lowest BCUT2D eigenvalue weighted by atomic mass is 9.50. The molecule has 0 aromatic carbocycles. The number of rotatable bonds is 1. The second-order valence-electron chi connectivity index (χ2n) is 9.27. The van der Waals surface area contributed by atoms with Gasteiger partial charge in [0.2, 0.25) is 0 Å². The van der Waals surface area contributed by atoms with E-state index in [9.17, 15) is 9.90 Å². The molecule has 2 nitrogen and oxygen atoms in total. The lowest BCUT2D eigenvalue weighted by Gasteiger charge is -2.55. The lowest BCUT2D eigenvalue weighted by Crippen LogP contribution is -2.48. The zero-order valence-corrected chi connectivity index (χ0v) is 14.3. The Kier molecular flexibility index (Phi) is 3.67. The van der Waals surface area contributed by atoms with Crippen LogP contribution in [0.3, 0.4) is 0 Å². The molecule has 4 aliphatic rings. The first-order chi connectivity index (χ1) is 10.5. The minimum Gasteiger partial charge on any atom is -0.393 e. The quantitative estimate of drug-likeness (QED) is 0.788. The van der Waals surface area contributed by atoms with Crippen LogP contribution in [0.2, 0.25) is 0 Å². The molecule has 0 aliphatic heterocycles. The summed E-state index contributed by atoms with van der Waals surface area (Å²) in [6.07, 6.45) is 10.7. The fraction of sp³-hybridized carbons (Fsp3) is 0.950. The Morgan fingerprint density at radius 1 is 1.09 bits per heavy atom. The molecule has 124 valence electrons. The second kappa shape index (κ2) is 5.33. The summed E-state index contributed by atoms with van der Waals surface area (Å²) in [6, 6.07) is 0. The molecule has 4 fully saturated rings. The topological polar surface area (TPSA) is 37.3 Å². The Labute approximate surface area is 135 Å². The number of carbonyl (C=O) groups excluding carboxylic acids is 1. The number of Topliss-reactive ketones (excluding diaryl/α,β-unsaturated/α-hetero) is 1. The van der Waals surface area contributed by atoms with E-state index in [1.807, 2.05) is 6.92 Å². The van der Waals surface area contributed by atoms with E-state index in [4.69, 9.17) is 0 Å². The Bertz CT molecular complexity index is 457. The molecular formula is C20H32O2. The molecule has 0 aromatic heterocycles. The highest BCUT2D eigenvalue weighted by Crippen LogP contribution is 2.63. The van der Waals surface area contributed by atoms with E-state index >= 15 is 0 Å². The zero-order valence-electron chi connectivity index (χ0n) is 14.3. The standard InChI is InChI=1S/C20H32O2/c1-12(21)19-8-5-15-10-18-14(11-20(15,19)2)4-3-13-9-16(22)6-7-17(13)18/h12-15,17-19,21H,3-11H2,1-2H3/t12-,13-,14-,15+,17+,18-,19-,20+/m1/s1. The molecule has 0 radical (unpaired) electrons. The minimum absolute atomic E-state index is 0.143. The van der Waals surface area contributed by atoms with Gasteiger partial charge in [0, 0.05) is 12.8 Å². The monoisotopic (exact) mass is 304 g/mol. The van der Waals surface area contributed by atoms with E-state index in [2.05, 4.69) is 6.92 Å². The smallest absolute Gasteiger partial charge is 0.133 e.